The van der Waals surface area contributed by atoms with E-state index in [9.17, 15) is 13.2 Å². The first-order chi connectivity index (χ1) is 17.5. The molecule has 0 radical (unpaired) electrons. The van der Waals surface area contributed by atoms with Crippen LogP contribution in [0.2, 0.25) is 0 Å². The minimum absolute atomic E-state index is 0.0378. The summed E-state index contributed by atoms with van der Waals surface area (Å²) >= 11 is 0. The number of nitrogens with zero attached hydrogens (tertiary/aromatic N) is 7. The van der Waals surface area contributed by atoms with Gasteiger partial charge in [0.25, 0.3) is 5.91 Å². The van der Waals surface area contributed by atoms with Crippen LogP contribution in [-0.4, -0.2) is 67.3 Å². The van der Waals surface area contributed by atoms with Gasteiger partial charge in [-0.15, -0.1) is 0 Å². The summed E-state index contributed by atoms with van der Waals surface area (Å²) in [5.74, 6) is 0.609. The second-order valence-electron chi connectivity index (χ2n) is 9.83. The second kappa shape index (κ2) is 9.32. The van der Waals surface area contributed by atoms with Crippen LogP contribution in [0.1, 0.15) is 54.2 Å². The van der Waals surface area contributed by atoms with Crippen LogP contribution in [0.4, 0.5) is 5.82 Å². The first-order valence-electron chi connectivity index (χ1n) is 11.9. The highest BCUT2D eigenvalue weighted by molar-refractivity contribution is 7.88. The van der Waals surface area contributed by atoms with Crippen LogP contribution in [0.5, 0.6) is 0 Å². The standard InChI is InChI=1S/C24H29N9O3S/c1-24(2,25)17-5-6-20(27-14-17)33-21(29-23(34)18-15-28-32-10-4-9-26-22(18)32)13-19(30-33)16-7-11-31(12-8-16)37(3,35)36/h4-6,9-10,13-16H,7-8,11-12,25H2,1-3H3,(H,29,34). The lowest BCUT2D eigenvalue weighted by molar-refractivity contribution is 0.102. The van der Waals surface area contributed by atoms with Gasteiger partial charge in [0.1, 0.15) is 11.4 Å². The zero-order valence-electron chi connectivity index (χ0n) is 20.9. The highest BCUT2D eigenvalue weighted by Crippen LogP contribution is 2.31. The number of piperidine rings is 1. The van der Waals surface area contributed by atoms with Crippen molar-refractivity contribution in [3.8, 4) is 5.82 Å². The normalized spacial score (nSPS) is 15.8. The van der Waals surface area contributed by atoms with Crippen molar-refractivity contribution in [1.82, 2.24) is 33.7 Å². The van der Waals surface area contributed by atoms with E-state index in [0.29, 0.717) is 48.8 Å². The number of rotatable bonds is 6. The molecule has 1 aliphatic heterocycles. The van der Waals surface area contributed by atoms with Crippen LogP contribution < -0.4 is 11.1 Å². The van der Waals surface area contributed by atoms with Gasteiger partial charge in [0, 0.05) is 49.2 Å². The average molecular weight is 524 g/mol. The highest BCUT2D eigenvalue weighted by Gasteiger charge is 2.29. The first-order valence-corrected chi connectivity index (χ1v) is 13.8. The molecule has 0 spiro atoms. The van der Waals surface area contributed by atoms with E-state index in [4.69, 9.17) is 10.8 Å². The number of sulfonamides is 1. The SMILES string of the molecule is CC(C)(N)c1ccc(-n2nc(C3CCN(S(C)(=O)=O)CC3)cc2NC(=O)c2cnn3cccnc23)nc1. The molecule has 5 heterocycles. The largest absolute Gasteiger partial charge is 0.322 e. The third-order valence-electron chi connectivity index (χ3n) is 6.54. The van der Waals surface area contributed by atoms with E-state index in [1.54, 1.807) is 35.4 Å². The second-order valence-corrected chi connectivity index (χ2v) is 11.8. The van der Waals surface area contributed by atoms with E-state index in [0.717, 1.165) is 11.3 Å². The Hall–Kier alpha value is -3.68. The Kier molecular flexibility index (Phi) is 6.30. The smallest absolute Gasteiger partial charge is 0.262 e. The number of carbonyl (C=O) groups excluding carboxylic acids is 1. The maximum atomic E-state index is 13.2. The van der Waals surface area contributed by atoms with Gasteiger partial charge in [0.05, 0.1) is 18.1 Å². The van der Waals surface area contributed by atoms with Gasteiger partial charge in [0.2, 0.25) is 10.0 Å². The van der Waals surface area contributed by atoms with Gasteiger partial charge >= 0.3 is 0 Å². The summed E-state index contributed by atoms with van der Waals surface area (Å²) in [5, 5.41) is 11.9. The van der Waals surface area contributed by atoms with Gasteiger partial charge < -0.3 is 11.1 Å². The summed E-state index contributed by atoms with van der Waals surface area (Å²) in [5.41, 5.74) is 8.03. The molecule has 1 amide bonds. The number of aromatic nitrogens is 6. The zero-order valence-corrected chi connectivity index (χ0v) is 21.7. The molecule has 4 aromatic heterocycles. The molecule has 13 heteroatoms. The summed E-state index contributed by atoms with van der Waals surface area (Å²) in [6.45, 7) is 4.64. The van der Waals surface area contributed by atoms with Crippen molar-refractivity contribution in [3.05, 3.63) is 65.9 Å². The van der Waals surface area contributed by atoms with E-state index in [-0.39, 0.29) is 11.8 Å². The Morgan fingerprint density at radius 1 is 1.16 bits per heavy atom. The fourth-order valence-electron chi connectivity index (χ4n) is 4.41. The summed E-state index contributed by atoms with van der Waals surface area (Å²) < 4.78 is 28.5. The Morgan fingerprint density at radius 2 is 1.92 bits per heavy atom. The Bertz CT molecular complexity index is 1540. The third-order valence-corrected chi connectivity index (χ3v) is 7.85. The molecule has 12 nitrogen and oxygen atoms in total. The quantitative estimate of drug-likeness (QED) is 0.388. The number of carbonyl (C=O) groups is 1. The number of nitrogens with one attached hydrogen (secondary N) is 1. The summed E-state index contributed by atoms with van der Waals surface area (Å²) in [6, 6.07) is 7.24. The van der Waals surface area contributed by atoms with Crippen molar-refractivity contribution in [3.63, 3.8) is 0 Å². The first kappa shape index (κ1) is 25.0. The van der Waals surface area contributed by atoms with Crippen molar-refractivity contribution in [2.24, 2.45) is 5.73 Å². The predicted molar refractivity (Wildman–Crippen MR) is 138 cm³/mol. The highest BCUT2D eigenvalue weighted by atomic mass is 32.2. The molecule has 37 heavy (non-hydrogen) atoms. The zero-order chi connectivity index (χ0) is 26.4. The van der Waals surface area contributed by atoms with Crippen LogP contribution in [-0.2, 0) is 15.6 Å². The van der Waals surface area contributed by atoms with E-state index in [1.165, 1.54) is 21.3 Å². The molecule has 5 rings (SSSR count). The van der Waals surface area contributed by atoms with Gasteiger partial charge in [-0.2, -0.15) is 14.9 Å². The number of anilines is 1. The molecule has 0 aliphatic carbocycles. The maximum Gasteiger partial charge on any atom is 0.262 e. The Balaban J connectivity index is 1.48. The van der Waals surface area contributed by atoms with Crippen LogP contribution in [0.25, 0.3) is 11.5 Å². The van der Waals surface area contributed by atoms with Crippen molar-refractivity contribution in [1.29, 1.82) is 0 Å². The fourth-order valence-corrected chi connectivity index (χ4v) is 5.28. The molecule has 1 aliphatic rings. The number of fused-ring (bicyclic) bond motifs is 1. The molecular weight excluding hydrogens is 494 g/mol. The number of amides is 1. The summed E-state index contributed by atoms with van der Waals surface area (Å²) in [7, 11) is -3.24. The molecule has 0 bridgehead atoms. The molecule has 194 valence electrons. The van der Waals surface area contributed by atoms with Gasteiger partial charge in [-0.3, -0.25) is 4.79 Å². The van der Waals surface area contributed by atoms with Crippen LogP contribution >= 0.6 is 0 Å². The van der Waals surface area contributed by atoms with E-state index < -0.39 is 15.6 Å². The topological polar surface area (TPSA) is 153 Å². The van der Waals surface area contributed by atoms with Gasteiger partial charge in [-0.25, -0.2) is 27.2 Å². The van der Waals surface area contributed by atoms with Crippen molar-refractivity contribution in [2.45, 2.75) is 38.1 Å². The molecule has 0 atom stereocenters. The number of pyridine rings is 1. The van der Waals surface area contributed by atoms with E-state index in [1.807, 2.05) is 26.0 Å². The van der Waals surface area contributed by atoms with Gasteiger partial charge in [0.15, 0.2) is 11.5 Å². The molecule has 0 unspecified atom stereocenters. The Morgan fingerprint density at radius 3 is 2.57 bits per heavy atom. The maximum absolute atomic E-state index is 13.2. The molecule has 0 saturated carbocycles. The monoisotopic (exact) mass is 523 g/mol. The molecule has 0 aromatic carbocycles. The van der Waals surface area contributed by atoms with Crippen molar-refractivity contribution >= 4 is 27.4 Å². The van der Waals surface area contributed by atoms with Crippen molar-refractivity contribution in [2.75, 3.05) is 24.7 Å². The van der Waals surface area contributed by atoms with Crippen LogP contribution in [0, 0.1) is 0 Å². The number of nitrogens with two attached hydrogens (primary N) is 1. The third kappa shape index (κ3) is 5.10. The molecule has 1 saturated heterocycles. The lowest BCUT2D eigenvalue weighted by atomic mass is 9.95. The minimum Gasteiger partial charge on any atom is -0.322 e. The van der Waals surface area contributed by atoms with Crippen LogP contribution in [0.15, 0.2) is 49.1 Å². The Labute approximate surface area is 214 Å². The van der Waals surface area contributed by atoms with Gasteiger partial charge in [-0.1, -0.05) is 6.07 Å². The van der Waals surface area contributed by atoms with E-state index >= 15 is 0 Å². The fraction of sp³-hybridized carbons (Fsp3) is 0.375. The molecule has 1 fully saturated rings. The average Bonchev–Trinajstić information content (AvgIpc) is 3.48. The molecule has 3 N–H and O–H groups in total. The number of hydrogen-bond acceptors (Lipinski definition) is 8. The lowest BCUT2D eigenvalue weighted by Crippen LogP contribution is -2.37. The minimum atomic E-state index is -3.24. The van der Waals surface area contributed by atoms with Gasteiger partial charge in [-0.05, 0) is 44.4 Å². The van der Waals surface area contributed by atoms with E-state index in [2.05, 4.69) is 20.4 Å². The molecular formula is C24H29N9O3S. The van der Waals surface area contributed by atoms with Crippen molar-refractivity contribution < 1.29 is 13.2 Å². The predicted octanol–water partition coefficient (Wildman–Crippen LogP) is 1.90. The number of hydrogen-bond donors (Lipinski definition) is 2. The summed E-state index contributed by atoms with van der Waals surface area (Å²) in [6.07, 6.45) is 8.96. The summed E-state index contributed by atoms with van der Waals surface area (Å²) in [4.78, 5) is 22.1. The molecule has 4 aromatic rings. The van der Waals surface area contributed by atoms with Crippen LogP contribution in [0.3, 0.4) is 0 Å². The lowest BCUT2D eigenvalue weighted by Gasteiger charge is -2.29.